The van der Waals surface area contributed by atoms with Gasteiger partial charge in [0.15, 0.2) is 9.84 Å². The zero-order chi connectivity index (χ0) is 12.5. The molecule has 1 atom stereocenters. The summed E-state index contributed by atoms with van der Waals surface area (Å²) in [5, 5.41) is 0.532. The molecule has 0 amide bonds. The molecule has 1 aromatic carbocycles. The van der Waals surface area contributed by atoms with Crippen LogP contribution in [-0.2, 0) is 14.6 Å². The Hall–Kier alpha value is -1.07. The molecule has 0 aliphatic carbocycles. The van der Waals surface area contributed by atoms with Gasteiger partial charge in [-0.1, -0.05) is 11.6 Å². The predicted molar refractivity (Wildman–Crippen MR) is 63.9 cm³/mol. The van der Waals surface area contributed by atoms with E-state index in [4.69, 9.17) is 16.3 Å². The Balaban J connectivity index is 2.01. The summed E-state index contributed by atoms with van der Waals surface area (Å²) in [4.78, 5) is 11.7. The summed E-state index contributed by atoms with van der Waals surface area (Å²) in [5.74, 6) is -0.499. The van der Waals surface area contributed by atoms with E-state index in [2.05, 4.69) is 0 Å². The molecular formula is C11H11ClO4S. The van der Waals surface area contributed by atoms with Gasteiger partial charge < -0.3 is 4.74 Å². The molecule has 1 heterocycles. The van der Waals surface area contributed by atoms with E-state index in [0.717, 1.165) is 0 Å². The lowest BCUT2D eigenvalue weighted by atomic mass is 10.2. The van der Waals surface area contributed by atoms with Crippen LogP contribution in [0.4, 0.5) is 0 Å². The zero-order valence-corrected chi connectivity index (χ0v) is 10.5. The number of carbonyl (C=O) groups is 1. The molecule has 1 unspecified atom stereocenters. The first-order chi connectivity index (χ1) is 7.96. The number of carbonyl (C=O) groups excluding carboxylic acids is 1. The molecule has 1 aliphatic heterocycles. The number of rotatable bonds is 2. The van der Waals surface area contributed by atoms with Gasteiger partial charge in [-0.3, -0.25) is 0 Å². The van der Waals surface area contributed by atoms with Gasteiger partial charge in [-0.15, -0.1) is 0 Å². The van der Waals surface area contributed by atoms with Gasteiger partial charge in [-0.05, 0) is 30.7 Å². The second kappa shape index (κ2) is 4.66. The topological polar surface area (TPSA) is 60.4 Å². The van der Waals surface area contributed by atoms with E-state index in [1.165, 1.54) is 0 Å². The third-order valence-electron chi connectivity index (χ3n) is 2.54. The van der Waals surface area contributed by atoms with Crippen LogP contribution in [0.25, 0.3) is 0 Å². The Morgan fingerprint density at radius 1 is 1.29 bits per heavy atom. The summed E-state index contributed by atoms with van der Waals surface area (Å²) in [6.07, 6.45) is -0.148. The summed E-state index contributed by atoms with van der Waals surface area (Å²) in [6, 6.07) is 6.27. The molecular weight excluding hydrogens is 264 g/mol. The second-order valence-electron chi connectivity index (χ2n) is 3.94. The van der Waals surface area contributed by atoms with Crippen LogP contribution in [0.2, 0.25) is 5.02 Å². The number of esters is 1. The summed E-state index contributed by atoms with van der Waals surface area (Å²) < 4.78 is 27.5. The van der Waals surface area contributed by atoms with E-state index in [0.29, 0.717) is 17.0 Å². The molecule has 1 aromatic rings. The average molecular weight is 275 g/mol. The van der Waals surface area contributed by atoms with Crippen LogP contribution in [0.3, 0.4) is 0 Å². The van der Waals surface area contributed by atoms with Crippen molar-refractivity contribution in [2.75, 3.05) is 11.5 Å². The van der Waals surface area contributed by atoms with Gasteiger partial charge in [0.25, 0.3) is 0 Å². The van der Waals surface area contributed by atoms with E-state index in [9.17, 15) is 13.2 Å². The Morgan fingerprint density at radius 3 is 2.47 bits per heavy atom. The maximum atomic E-state index is 11.7. The van der Waals surface area contributed by atoms with Crippen molar-refractivity contribution in [3.8, 4) is 0 Å². The molecule has 1 saturated heterocycles. The first kappa shape index (κ1) is 12.4. The molecule has 0 saturated carbocycles. The highest BCUT2D eigenvalue weighted by atomic mass is 35.5. The molecule has 2 rings (SSSR count). The van der Waals surface area contributed by atoms with Crippen LogP contribution < -0.4 is 0 Å². The van der Waals surface area contributed by atoms with Gasteiger partial charge in [0.05, 0.1) is 17.1 Å². The van der Waals surface area contributed by atoms with Crippen molar-refractivity contribution >= 4 is 27.4 Å². The molecule has 0 aromatic heterocycles. The molecule has 0 bridgehead atoms. The van der Waals surface area contributed by atoms with Gasteiger partial charge in [0.2, 0.25) is 0 Å². The van der Waals surface area contributed by atoms with Crippen molar-refractivity contribution in [1.29, 1.82) is 0 Å². The third kappa shape index (κ3) is 3.20. The number of halogens is 1. The van der Waals surface area contributed by atoms with Crippen molar-refractivity contribution in [1.82, 2.24) is 0 Å². The van der Waals surface area contributed by atoms with E-state index >= 15 is 0 Å². The number of benzene rings is 1. The summed E-state index contributed by atoms with van der Waals surface area (Å²) in [6.45, 7) is 0. The minimum absolute atomic E-state index is 0.0771. The highest BCUT2D eigenvalue weighted by molar-refractivity contribution is 7.91. The lowest BCUT2D eigenvalue weighted by Crippen LogP contribution is -2.19. The minimum Gasteiger partial charge on any atom is -0.458 e. The van der Waals surface area contributed by atoms with Crippen LogP contribution >= 0.6 is 11.6 Å². The van der Waals surface area contributed by atoms with Crippen LogP contribution in [0.5, 0.6) is 0 Å². The molecule has 1 aliphatic rings. The number of hydrogen-bond donors (Lipinski definition) is 0. The lowest BCUT2D eigenvalue weighted by molar-refractivity contribution is 0.0356. The van der Waals surface area contributed by atoms with Gasteiger partial charge in [-0.2, -0.15) is 0 Å². The Kier molecular flexibility index (Phi) is 3.40. The number of ether oxygens (including phenoxy) is 1. The maximum Gasteiger partial charge on any atom is 0.338 e. The maximum absolute atomic E-state index is 11.7. The van der Waals surface area contributed by atoms with Crippen LogP contribution in [0.1, 0.15) is 16.8 Å². The fourth-order valence-electron chi connectivity index (χ4n) is 1.66. The first-order valence-corrected chi connectivity index (χ1v) is 7.33. The van der Waals surface area contributed by atoms with Crippen LogP contribution in [0.15, 0.2) is 24.3 Å². The van der Waals surface area contributed by atoms with Crippen molar-refractivity contribution < 1.29 is 17.9 Å². The van der Waals surface area contributed by atoms with Gasteiger partial charge in [0.1, 0.15) is 6.10 Å². The number of hydrogen-bond acceptors (Lipinski definition) is 4. The van der Waals surface area contributed by atoms with Gasteiger partial charge >= 0.3 is 5.97 Å². The number of sulfone groups is 1. The predicted octanol–water partition coefficient (Wildman–Crippen LogP) is 1.68. The molecule has 6 heteroatoms. The monoisotopic (exact) mass is 274 g/mol. The first-order valence-electron chi connectivity index (χ1n) is 5.13. The van der Waals surface area contributed by atoms with Crippen molar-refractivity contribution in [3.63, 3.8) is 0 Å². The summed E-state index contributed by atoms with van der Waals surface area (Å²) in [7, 11) is -3.03. The molecule has 1 fully saturated rings. The van der Waals surface area contributed by atoms with Gasteiger partial charge in [0, 0.05) is 5.02 Å². The van der Waals surface area contributed by atoms with E-state index in [1.807, 2.05) is 0 Å². The quantitative estimate of drug-likeness (QED) is 0.770. The largest absolute Gasteiger partial charge is 0.458 e. The fraction of sp³-hybridized carbons (Fsp3) is 0.364. The zero-order valence-electron chi connectivity index (χ0n) is 8.93. The standard InChI is InChI=1S/C11H11ClO4S/c12-9-3-1-8(2-4-9)11(13)16-10-5-6-17(14,15)7-10/h1-4,10H,5-7H2. The Morgan fingerprint density at radius 2 is 1.94 bits per heavy atom. The molecule has 92 valence electrons. The molecule has 4 nitrogen and oxygen atoms in total. The molecule has 0 N–H and O–H groups in total. The van der Waals surface area contributed by atoms with E-state index in [1.54, 1.807) is 24.3 Å². The van der Waals surface area contributed by atoms with E-state index in [-0.39, 0.29) is 11.5 Å². The SMILES string of the molecule is O=C(OC1CCS(=O)(=O)C1)c1ccc(Cl)cc1. The Bertz CT molecular complexity index is 521. The van der Waals surface area contributed by atoms with Crippen LogP contribution in [-0.4, -0.2) is 32.0 Å². The fourth-order valence-corrected chi connectivity index (χ4v) is 3.38. The second-order valence-corrected chi connectivity index (χ2v) is 6.60. The third-order valence-corrected chi connectivity index (χ3v) is 4.53. The molecule has 17 heavy (non-hydrogen) atoms. The normalized spacial score (nSPS) is 22.3. The smallest absolute Gasteiger partial charge is 0.338 e. The Labute approximate surface area is 104 Å². The average Bonchev–Trinajstić information content (AvgIpc) is 2.59. The highest BCUT2D eigenvalue weighted by Crippen LogP contribution is 2.17. The molecule has 0 radical (unpaired) electrons. The minimum atomic E-state index is -3.03. The highest BCUT2D eigenvalue weighted by Gasteiger charge is 2.30. The van der Waals surface area contributed by atoms with Crippen molar-refractivity contribution in [2.24, 2.45) is 0 Å². The summed E-state index contributed by atoms with van der Waals surface area (Å²) in [5.41, 5.74) is 0.374. The van der Waals surface area contributed by atoms with Gasteiger partial charge in [-0.25, -0.2) is 13.2 Å². The lowest BCUT2D eigenvalue weighted by Gasteiger charge is -2.09. The summed E-state index contributed by atoms with van der Waals surface area (Å²) >= 11 is 5.69. The van der Waals surface area contributed by atoms with Crippen LogP contribution in [0, 0.1) is 0 Å². The molecule has 0 spiro atoms. The van der Waals surface area contributed by atoms with Crippen molar-refractivity contribution in [3.05, 3.63) is 34.9 Å². The van der Waals surface area contributed by atoms with Crippen molar-refractivity contribution in [2.45, 2.75) is 12.5 Å². The van der Waals surface area contributed by atoms with E-state index < -0.39 is 21.9 Å².